The van der Waals surface area contributed by atoms with Crippen molar-refractivity contribution in [3.05, 3.63) is 12.2 Å². The summed E-state index contributed by atoms with van der Waals surface area (Å²) in [5, 5.41) is 25.4. The van der Waals surface area contributed by atoms with Crippen LogP contribution in [0.4, 0.5) is 0 Å². The number of aliphatic hydroxyl groups excluding tert-OH is 1. The van der Waals surface area contributed by atoms with E-state index in [0.717, 1.165) is 12.8 Å². The highest BCUT2D eigenvalue weighted by atomic mass is 16.5. The molecule has 0 heterocycles. The molecule has 0 aliphatic rings. The van der Waals surface area contributed by atoms with Gasteiger partial charge in [0.2, 0.25) is 0 Å². The highest BCUT2D eigenvalue weighted by molar-refractivity contribution is 5.85. The number of carboxylic acid groups (broad SMARTS) is 1. The summed E-state index contributed by atoms with van der Waals surface area (Å²) in [5.74, 6) is -0.956. The van der Waals surface area contributed by atoms with Crippen molar-refractivity contribution in [3.63, 3.8) is 0 Å². The molecule has 0 aromatic rings. The molecule has 0 fully saturated rings. The summed E-state index contributed by atoms with van der Waals surface area (Å²) in [7, 11) is 0. The zero-order chi connectivity index (χ0) is 10.3. The molecule has 4 heteroatoms. The topological polar surface area (TPSA) is 77.8 Å². The average molecular weight is 188 g/mol. The van der Waals surface area contributed by atoms with Gasteiger partial charge in [0.05, 0.1) is 0 Å². The number of hydrogen-bond acceptors (Lipinski definition) is 3. The summed E-state index contributed by atoms with van der Waals surface area (Å²) in [6.07, 6.45) is 1.80. The first-order chi connectivity index (χ1) is 6.04. The second-order valence-corrected chi connectivity index (χ2v) is 2.99. The van der Waals surface area contributed by atoms with Crippen molar-refractivity contribution >= 4 is 5.97 Å². The smallest absolute Gasteiger partial charge is 0.330 e. The zero-order valence-corrected chi connectivity index (χ0v) is 7.57. The molecular weight excluding hydrogens is 172 g/mol. The number of unbranched alkanes of at least 4 members (excludes halogenated alkanes) is 2. The van der Waals surface area contributed by atoms with Crippen molar-refractivity contribution in [1.82, 2.24) is 0 Å². The van der Waals surface area contributed by atoms with Crippen molar-refractivity contribution in [2.24, 2.45) is 0 Å². The van der Waals surface area contributed by atoms with E-state index in [4.69, 9.17) is 15.3 Å². The summed E-state index contributed by atoms with van der Waals surface area (Å²) in [4.78, 5) is 10.3. The Bertz CT molecular complexity index is 174. The number of carboxylic acids is 1. The predicted octanol–water partition coefficient (Wildman–Crippen LogP) is 0.888. The molecule has 13 heavy (non-hydrogen) atoms. The zero-order valence-electron chi connectivity index (χ0n) is 7.57. The molecule has 0 aliphatic heterocycles. The SMILES string of the molecule is C=C(CCCCCC(O)O)C(=O)O. The van der Waals surface area contributed by atoms with Crippen molar-refractivity contribution in [1.29, 1.82) is 0 Å². The summed E-state index contributed by atoms with van der Waals surface area (Å²) >= 11 is 0. The number of rotatable bonds is 7. The summed E-state index contributed by atoms with van der Waals surface area (Å²) < 4.78 is 0. The van der Waals surface area contributed by atoms with Gasteiger partial charge in [-0.3, -0.25) is 0 Å². The summed E-state index contributed by atoms with van der Waals surface area (Å²) in [6.45, 7) is 3.39. The fourth-order valence-corrected chi connectivity index (χ4v) is 0.949. The fraction of sp³-hybridized carbons (Fsp3) is 0.667. The lowest BCUT2D eigenvalue weighted by Crippen LogP contribution is -2.03. The van der Waals surface area contributed by atoms with Gasteiger partial charge in [-0.15, -0.1) is 0 Å². The molecule has 3 N–H and O–H groups in total. The van der Waals surface area contributed by atoms with Gasteiger partial charge < -0.3 is 15.3 Å². The van der Waals surface area contributed by atoms with Gasteiger partial charge in [-0.05, 0) is 25.7 Å². The minimum atomic E-state index is -1.25. The first-order valence-corrected chi connectivity index (χ1v) is 4.31. The van der Waals surface area contributed by atoms with Gasteiger partial charge in [-0.1, -0.05) is 13.0 Å². The number of aliphatic carboxylic acids is 1. The highest BCUT2D eigenvalue weighted by Gasteiger charge is 2.03. The Labute approximate surface area is 77.5 Å². The Kier molecular flexibility index (Phi) is 6.18. The van der Waals surface area contributed by atoms with E-state index in [2.05, 4.69) is 6.58 Å². The van der Waals surface area contributed by atoms with Crippen LogP contribution in [0.25, 0.3) is 0 Å². The maximum atomic E-state index is 10.3. The molecule has 4 nitrogen and oxygen atoms in total. The second kappa shape index (κ2) is 6.62. The lowest BCUT2D eigenvalue weighted by molar-refractivity contribution is -0.132. The van der Waals surface area contributed by atoms with Gasteiger partial charge in [0.25, 0.3) is 0 Å². The molecule has 0 radical (unpaired) electrons. The van der Waals surface area contributed by atoms with Crippen LogP contribution in [0, 0.1) is 0 Å². The van der Waals surface area contributed by atoms with Crippen molar-refractivity contribution < 1.29 is 20.1 Å². The van der Waals surface area contributed by atoms with Crippen LogP contribution < -0.4 is 0 Å². The third-order valence-corrected chi connectivity index (χ3v) is 1.74. The van der Waals surface area contributed by atoms with E-state index >= 15 is 0 Å². The average Bonchev–Trinajstić information content (AvgIpc) is 2.02. The lowest BCUT2D eigenvalue weighted by atomic mass is 10.1. The van der Waals surface area contributed by atoms with Crippen molar-refractivity contribution in [2.75, 3.05) is 0 Å². The number of aliphatic hydroxyl groups is 2. The minimum Gasteiger partial charge on any atom is -0.478 e. The Morgan fingerprint density at radius 1 is 1.23 bits per heavy atom. The Morgan fingerprint density at radius 3 is 2.31 bits per heavy atom. The van der Waals surface area contributed by atoms with Crippen molar-refractivity contribution in [3.8, 4) is 0 Å². The molecular formula is C9H16O4. The van der Waals surface area contributed by atoms with Crippen LogP contribution in [0.3, 0.4) is 0 Å². The van der Waals surface area contributed by atoms with Crippen LogP contribution >= 0.6 is 0 Å². The molecule has 0 rings (SSSR count). The third kappa shape index (κ3) is 7.49. The van der Waals surface area contributed by atoms with Crippen LogP contribution in [-0.2, 0) is 4.79 Å². The van der Waals surface area contributed by atoms with E-state index in [1.807, 2.05) is 0 Å². The van der Waals surface area contributed by atoms with Crippen LogP contribution in [0.5, 0.6) is 0 Å². The molecule has 0 atom stereocenters. The second-order valence-electron chi connectivity index (χ2n) is 2.99. The fourth-order valence-electron chi connectivity index (χ4n) is 0.949. The Balaban J connectivity index is 3.26. The lowest BCUT2D eigenvalue weighted by Gasteiger charge is -2.02. The predicted molar refractivity (Wildman–Crippen MR) is 48.1 cm³/mol. The molecule has 0 aromatic carbocycles. The summed E-state index contributed by atoms with van der Waals surface area (Å²) in [6, 6.07) is 0. The van der Waals surface area contributed by atoms with E-state index in [0.29, 0.717) is 19.3 Å². The molecule has 76 valence electrons. The molecule has 0 spiro atoms. The van der Waals surface area contributed by atoms with Gasteiger partial charge in [0.1, 0.15) is 0 Å². The van der Waals surface area contributed by atoms with Gasteiger partial charge in [-0.2, -0.15) is 0 Å². The summed E-state index contributed by atoms with van der Waals surface area (Å²) in [5.41, 5.74) is 0.213. The van der Waals surface area contributed by atoms with E-state index in [9.17, 15) is 4.79 Å². The number of carbonyl (C=O) groups is 1. The highest BCUT2D eigenvalue weighted by Crippen LogP contribution is 2.09. The van der Waals surface area contributed by atoms with E-state index in [1.165, 1.54) is 0 Å². The van der Waals surface area contributed by atoms with Crippen LogP contribution in [0.2, 0.25) is 0 Å². The monoisotopic (exact) mass is 188 g/mol. The first kappa shape index (κ1) is 12.1. The molecule has 0 aliphatic carbocycles. The molecule has 0 saturated carbocycles. The quantitative estimate of drug-likeness (QED) is 0.315. The Hall–Kier alpha value is -0.870. The van der Waals surface area contributed by atoms with Crippen LogP contribution in [0.15, 0.2) is 12.2 Å². The van der Waals surface area contributed by atoms with Gasteiger partial charge in [-0.25, -0.2) is 4.79 Å². The van der Waals surface area contributed by atoms with Gasteiger partial charge in [0.15, 0.2) is 6.29 Å². The van der Waals surface area contributed by atoms with Crippen LogP contribution in [0.1, 0.15) is 32.1 Å². The molecule has 0 unspecified atom stereocenters. The van der Waals surface area contributed by atoms with Gasteiger partial charge >= 0.3 is 5.97 Å². The normalized spacial score (nSPS) is 10.4. The van der Waals surface area contributed by atoms with E-state index < -0.39 is 12.3 Å². The largest absolute Gasteiger partial charge is 0.478 e. The van der Waals surface area contributed by atoms with Crippen LogP contribution in [-0.4, -0.2) is 27.6 Å². The third-order valence-electron chi connectivity index (χ3n) is 1.74. The maximum absolute atomic E-state index is 10.3. The molecule has 0 bridgehead atoms. The van der Waals surface area contributed by atoms with E-state index in [-0.39, 0.29) is 5.57 Å². The molecule has 0 amide bonds. The standard InChI is InChI=1S/C9H16O4/c1-7(9(12)13)5-3-2-4-6-8(10)11/h8,10-11H,1-6H2,(H,12,13). The number of hydrogen-bond donors (Lipinski definition) is 3. The molecule has 0 aromatic heterocycles. The van der Waals surface area contributed by atoms with E-state index in [1.54, 1.807) is 0 Å². The molecule has 0 saturated heterocycles. The Morgan fingerprint density at radius 2 is 1.85 bits per heavy atom. The van der Waals surface area contributed by atoms with Crippen molar-refractivity contribution in [2.45, 2.75) is 38.4 Å². The van der Waals surface area contributed by atoms with Gasteiger partial charge in [0, 0.05) is 5.57 Å². The minimum absolute atomic E-state index is 0.213. The maximum Gasteiger partial charge on any atom is 0.330 e. The first-order valence-electron chi connectivity index (χ1n) is 4.31.